The van der Waals surface area contributed by atoms with Crippen molar-refractivity contribution >= 4 is 15.9 Å². The van der Waals surface area contributed by atoms with E-state index in [0.29, 0.717) is 11.2 Å². The van der Waals surface area contributed by atoms with Gasteiger partial charge >= 0.3 is 0 Å². The summed E-state index contributed by atoms with van der Waals surface area (Å²) in [6.07, 6.45) is 2.63. The van der Waals surface area contributed by atoms with E-state index in [4.69, 9.17) is 0 Å². The Morgan fingerprint density at radius 3 is 2.46 bits per heavy atom. The topological polar surface area (TPSA) is 0 Å². The van der Waals surface area contributed by atoms with E-state index >= 15 is 0 Å². The Bertz CT molecular complexity index is 223. The average Bonchev–Trinajstić information content (AvgIpc) is 2.19. The van der Waals surface area contributed by atoms with E-state index in [9.17, 15) is 4.39 Å². The third kappa shape index (κ3) is 3.90. The van der Waals surface area contributed by atoms with Crippen LogP contribution in [0.5, 0.6) is 0 Å². The first kappa shape index (κ1) is 10.7. The van der Waals surface area contributed by atoms with Gasteiger partial charge in [-0.25, -0.2) is 0 Å². The van der Waals surface area contributed by atoms with E-state index in [0.717, 1.165) is 12.8 Å². The summed E-state index contributed by atoms with van der Waals surface area (Å²) in [5.74, 6) is 0. The van der Waals surface area contributed by atoms with Crippen LogP contribution in [0, 0.1) is 0 Å². The van der Waals surface area contributed by atoms with Crippen molar-refractivity contribution in [1.29, 1.82) is 0 Å². The third-order valence-electron chi connectivity index (χ3n) is 2.00. The Labute approximate surface area is 87.3 Å². The zero-order chi connectivity index (χ0) is 9.52. The molecule has 0 N–H and O–H groups in total. The molecule has 13 heavy (non-hydrogen) atoms. The van der Waals surface area contributed by atoms with Crippen LogP contribution in [0.1, 0.15) is 29.7 Å². The third-order valence-corrected chi connectivity index (χ3v) is 2.99. The summed E-state index contributed by atoms with van der Waals surface area (Å²) in [5.41, 5.74) is 1.28. The van der Waals surface area contributed by atoms with Crippen LogP contribution in [0.2, 0.25) is 0 Å². The molecule has 1 atom stereocenters. The fourth-order valence-electron chi connectivity index (χ4n) is 1.25. The summed E-state index contributed by atoms with van der Waals surface area (Å²) in [7, 11) is 0. The van der Waals surface area contributed by atoms with Gasteiger partial charge in [-0.05, 0) is 24.8 Å². The fourth-order valence-corrected chi connectivity index (χ4v) is 1.88. The highest BCUT2D eigenvalue weighted by atomic mass is 79.9. The van der Waals surface area contributed by atoms with Crippen molar-refractivity contribution in [3.05, 3.63) is 35.9 Å². The number of unbranched alkanes of at least 4 members (excludes halogenated alkanes) is 1. The van der Waals surface area contributed by atoms with Gasteiger partial charge in [-0.15, -0.1) is 0 Å². The van der Waals surface area contributed by atoms with Crippen molar-refractivity contribution in [2.24, 2.45) is 0 Å². The second-order valence-corrected chi connectivity index (χ2v) is 4.17. The predicted molar refractivity (Wildman–Crippen MR) is 57.9 cm³/mol. The number of hydrogen-bond acceptors (Lipinski definition) is 0. The molecule has 0 radical (unpaired) electrons. The van der Waals surface area contributed by atoms with E-state index in [1.807, 2.05) is 18.2 Å². The molecule has 1 unspecified atom stereocenters. The van der Waals surface area contributed by atoms with E-state index in [-0.39, 0.29) is 6.67 Å². The molecule has 0 bridgehead atoms. The molecule has 72 valence electrons. The molecule has 0 aliphatic heterocycles. The zero-order valence-electron chi connectivity index (χ0n) is 7.55. The first-order chi connectivity index (χ1) is 6.34. The second kappa shape index (κ2) is 6.14. The van der Waals surface area contributed by atoms with Crippen molar-refractivity contribution < 1.29 is 4.39 Å². The lowest BCUT2D eigenvalue weighted by Gasteiger charge is -2.08. The maximum atomic E-state index is 11.8. The predicted octanol–water partition coefficient (Wildman–Crippen LogP) is 4.26. The minimum Gasteiger partial charge on any atom is -0.251 e. The average molecular weight is 245 g/mol. The summed E-state index contributed by atoms with van der Waals surface area (Å²) in [5, 5.41) is 0. The van der Waals surface area contributed by atoms with Gasteiger partial charge in [0.15, 0.2) is 0 Å². The number of halogens is 2. The normalized spacial score (nSPS) is 12.8. The molecule has 0 fully saturated rings. The number of hydrogen-bond donors (Lipinski definition) is 0. The lowest BCUT2D eigenvalue weighted by atomic mass is 10.1. The molecule has 1 aromatic rings. The second-order valence-electron chi connectivity index (χ2n) is 3.06. The summed E-state index contributed by atoms with van der Waals surface area (Å²) in [6, 6.07) is 10.2. The molecular weight excluding hydrogens is 231 g/mol. The van der Waals surface area contributed by atoms with Crippen LogP contribution in [-0.4, -0.2) is 6.67 Å². The van der Waals surface area contributed by atoms with E-state index < -0.39 is 0 Å². The molecule has 0 aliphatic carbocycles. The minimum atomic E-state index is -0.200. The smallest absolute Gasteiger partial charge is 0.0894 e. The van der Waals surface area contributed by atoms with Gasteiger partial charge in [-0.3, -0.25) is 4.39 Å². The minimum absolute atomic E-state index is 0.200. The largest absolute Gasteiger partial charge is 0.251 e. The number of alkyl halides is 2. The molecule has 0 aliphatic rings. The van der Waals surface area contributed by atoms with Crippen LogP contribution >= 0.6 is 15.9 Å². The highest BCUT2D eigenvalue weighted by Crippen LogP contribution is 2.27. The van der Waals surface area contributed by atoms with E-state index in [2.05, 4.69) is 28.1 Å². The standard InChI is InChI=1S/C11H14BrF/c12-11(8-4-5-9-13)10-6-2-1-3-7-10/h1-3,6-7,11H,4-5,8-9H2. The van der Waals surface area contributed by atoms with Gasteiger partial charge in [-0.2, -0.15) is 0 Å². The van der Waals surface area contributed by atoms with Gasteiger partial charge < -0.3 is 0 Å². The zero-order valence-corrected chi connectivity index (χ0v) is 9.13. The Balaban J connectivity index is 2.35. The van der Waals surface area contributed by atoms with E-state index in [1.165, 1.54) is 5.56 Å². The molecule has 0 amide bonds. The van der Waals surface area contributed by atoms with E-state index in [1.54, 1.807) is 0 Å². The number of rotatable bonds is 5. The highest BCUT2D eigenvalue weighted by Gasteiger charge is 2.05. The molecular formula is C11H14BrF. The Morgan fingerprint density at radius 1 is 1.15 bits per heavy atom. The Morgan fingerprint density at radius 2 is 1.85 bits per heavy atom. The van der Waals surface area contributed by atoms with Crippen LogP contribution in [0.4, 0.5) is 4.39 Å². The molecule has 1 rings (SSSR count). The van der Waals surface area contributed by atoms with Crippen LogP contribution < -0.4 is 0 Å². The summed E-state index contributed by atoms with van der Waals surface area (Å²) in [6.45, 7) is -0.200. The molecule has 1 aromatic carbocycles. The van der Waals surface area contributed by atoms with Crippen LogP contribution in [0.3, 0.4) is 0 Å². The van der Waals surface area contributed by atoms with Crippen molar-refractivity contribution in [3.63, 3.8) is 0 Å². The summed E-state index contributed by atoms with van der Waals surface area (Å²) < 4.78 is 11.8. The molecule has 0 saturated heterocycles. The monoisotopic (exact) mass is 244 g/mol. The van der Waals surface area contributed by atoms with Gasteiger partial charge in [0.2, 0.25) is 0 Å². The van der Waals surface area contributed by atoms with Crippen molar-refractivity contribution in [2.45, 2.75) is 24.1 Å². The Hall–Kier alpha value is -0.370. The molecule has 0 spiro atoms. The molecule has 0 heterocycles. The quantitative estimate of drug-likeness (QED) is 0.537. The maximum absolute atomic E-state index is 11.8. The van der Waals surface area contributed by atoms with Gasteiger partial charge in [0, 0.05) is 4.83 Å². The van der Waals surface area contributed by atoms with Gasteiger partial charge in [0.05, 0.1) is 6.67 Å². The summed E-state index contributed by atoms with van der Waals surface area (Å²) >= 11 is 3.59. The van der Waals surface area contributed by atoms with Crippen LogP contribution in [0.15, 0.2) is 30.3 Å². The first-order valence-corrected chi connectivity index (χ1v) is 5.51. The van der Waals surface area contributed by atoms with Crippen LogP contribution in [-0.2, 0) is 0 Å². The van der Waals surface area contributed by atoms with Gasteiger partial charge in [0.1, 0.15) is 0 Å². The van der Waals surface area contributed by atoms with Gasteiger partial charge in [-0.1, -0.05) is 46.3 Å². The molecule has 0 nitrogen and oxygen atoms in total. The molecule has 0 aromatic heterocycles. The van der Waals surface area contributed by atoms with Crippen LogP contribution in [0.25, 0.3) is 0 Å². The Kier molecular flexibility index (Phi) is 5.06. The lowest BCUT2D eigenvalue weighted by Crippen LogP contribution is -1.90. The van der Waals surface area contributed by atoms with Crippen molar-refractivity contribution in [3.8, 4) is 0 Å². The van der Waals surface area contributed by atoms with Crippen molar-refractivity contribution in [2.75, 3.05) is 6.67 Å². The number of benzene rings is 1. The SMILES string of the molecule is FCCCCC(Br)c1ccccc1. The lowest BCUT2D eigenvalue weighted by molar-refractivity contribution is 0.456. The molecule has 0 saturated carbocycles. The fraction of sp³-hybridized carbons (Fsp3) is 0.455. The van der Waals surface area contributed by atoms with Gasteiger partial charge in [0.25, 0.3) is 0 Å². The maximum Gasteiger partial charge on any atom is 0.0894 e. The molecule has 2 heteroatoms. The highest BCUT2D eigenvalue weighted by molar-refractivity contribution is 9.09. The van der Waals surface area contributed by atoms with Crippen molar-refractivity contribution in [1.82, 2.24) is 0 Å². The summed E-state index contributed by atoms with van der Waals surface area (Å²) in [4.78, 5) is 0.375. The first-order valence-electron chi connectivity index (χ1n) is 4.59.